The van der Waals surface area contributed by atoms with Gasteiger partial charge in [-0.2, -0.15) is 4.79 Å². The SMILES string of the molecule is C.CS(=O)(=O)c1cccc2c1C=CC(=[N+]=[N-])C2=O.CS(=O)(=O)c1cccc2c1C=CC2C(=O)O.N#N. The van der Waals surface area contributed by atoms with E-state index in [0.717, 1.165) is 12.5 Å². The van der Waals surface area contributed by atoms with Crippen LogP contribution in [-0.4, -0.2) is 56.7 Å². The monoisotopic (exact) mass is 530 g/mol. The maximum absolute atomic E-state index is 11.8. The summed E-state index contributed by atoms with van der Waals surface area (Å²) < 4.78 is 46.1. The van der Waals surface area contributed by atoms with Crippen LogP contribution < -0.4 is 0 Å². The molecule has 0 aliphatic heterocycles. The number of hydrogen-bond donors (Lipinski definition) is 1. The van der Waals surface area contributed by atoms with E-state index in [2.05, 4.69) is 4.79 Å². The highest BCUT2D eigenvalue weighted by Crippen LogP contribution is 2.34. The molecule has 36 heavy (non-hydrogen) atoms. The zero-order valence-corrected chi connectivity index (χ0v) is 20.0. The Morgan fingerprint density at radius 3 is 1.94 bits per heavy atom. The summed E-state index contributed by atoms with van der Waals surface area (Å²) in [6.45, 7) is 0. The highest BCUT2D eigenvalue weighted by Gasteiger charge is 2.29. The van der Waals surface area contributed by atoms with Crippen LogP contribution in [0.3, 0.4) is 0 Å². The predicted molar refractivity (Wildman–Crippen MR) is 131 cm³/mol. The van der Waals surface area contributed by atoms with Crippen molar-refractivity contribution in [3.8, 4) is 0 Å². The summed E-state index contributed by atoms with van der Waals surface area (Å²) in [5.74, 6) is -2.20. The van der Waals surface area contributed by atoms with Gasteiger partial charge in [0.2, 0.25) is 0 Å². The van der Waals surface area contributed by atoms with E-state index in [1.165, 1.54) is 42.5 Å². The number of allylic oxidation sites excluding steroid dienone is 1. The summed E-state index contributed by atoms with van der Waals surface area (Å²) >= 11 is 0. The van der Waals surface area contributed by atoms with Crippen molar-refractivity contribution in [2.24, 2.45) is 0 Å². The van der Waals surface area contributed by atoms with Crippen LogP contribution >= 0.6 is 0 Å². The summed E-state index contributed by atoms with van der Waals surface area (Å²) in [7, 11) is -6.72. The van der Waals surface area contributed by atoms with Gasteiger partial charge in [0.05, 0.1) is 9.79 Å². The van der Waals surface area contributed by atoms with E-state index in [9.17, 15) is 26.4 Å². The first-order chi connectivity index (χ1) is 16.4. The number of nitrogens with zero attached hydrogens (tertiary/aromatic N) is 4. The Labute approximate surface area is 208 Å². The fourth-order valence-electron chi connectivity index (χ4n) is 3.54. The minimum atomic E-state index is -3.40. The Bertz CT molecular complexity index is 1560. The average molecular weight is 531 g/mol. The number of carboxylic acid groups (broad SMARTS) is 1. The molecule has 1 atom stereocenters. The maximum atomic E-state index is 11.8. The molecule has 0 amide bonds. The third kappa shape index (κ3) is 6.05. The van der Waals surface area contributed by atoms with Crippen molar-refractivity contribution in [3.05, 3.63) is 76.3 Å². The Hall–Kier alpha value is -4.24. The second-order valence-electron chi connectivity index (χ2n) is 7.34. The van der Waals surface area contributed by atoms with E-state index in [4.69, 9.17) is 21.4 Å². The quantitative estimate of drug-likeness (QED) is 0.351. The lowest BCUT2D eigenvalue weighted by Gasteiger charge is -2.10. The zero-order valence-electron chi connectivity index (χ0n) is 18.4. The molecule has 1 N–H and O–H groups in total. The van der Waals surface area contributed by atoms with Crippen LogP contribution in [0.1, 0.15) is 40.4 Å². The van der Waals surface area contributed by atoms with Crippen molar-refractivity contribution < 1.29 is 36.3 Å². The third-order valence-electron chi connectivity index (χ3n) is 5.01. The van der Waals surface area contributed by atoms with Gasteiger partial charge in [0, 0.05) is 40.5 Å². The van der Waals surface area contributed by atoms with Crippen LogP contribution in [0.25, 0.3) is 17.7 Å². The highest BCUT2D eigenvalue weighted by atomic mass is 32.2. The van der Waals surface area contributed by atoms with Gasteiger partial charge in [-0.25, -0.2) is 16.8 Å². The minimum Gasteiger partial charge on any atom is -0.481 e. The molecule has 0 aromatic heterocycles. The molecule has 1 unspecified atom stereocenters. The average Bonchev–Trinajstić information content (AvgIpc) is 3.24. The fraction of sp³-hybridized carbons (Fsp3) is 0.174. The Kier molecular flexibility index (Phi) is 9.48. The molecule has 4 rings (SSSR count). The summed E-state index contributed by atoms with van der Waals surface area (Å²) in [6, 6.07) is 9.12. The predicted octanol–water partition coefficient (Wildman–Crippen LogP) is 2.92. The van der Waals surface area contributed by atoms with Crippen molar-refractivity contribution in [1.82, 2.24) is 0 Å². The van der Waals surface area contributed by atoms with E-state index in [0.29, 0.717) is 16.7 Å². The molecule has 2 aliphatic rings. The van der Waals surface area contributed by atoms with Crippen molar-refractivity contribution in [2.75, 3.05) is 12.5 Å². The molecule has 188 valence electrons. The molecule has 2 aromatic rings. The smallest absolute Gasteiger partial charge is 0.362 e. The lowest BCUT2D eigenvalue weighted by molar-refractivity contribution is -0.137. The Morgan fingerprint density at radius 2 is 1.44 bits per heavy atom. The van der Waals surface area contributed by atoms with Gasteiger partial charge in [0.1, 0.15) is 5.92 Å². The number of carbonyl (C=O) groups excluding carboxylic acids is 1. The van der Waals surface area contributed by atoms with Crippen LogP contribution in [0.15, 0.2) is 58.3 Å². The fourth-order valence-corrected chi connectivity index (χ4v) is 5.35. The molecule has 0 radical (unpaired) electrons. The number of fused-ring (bicyclic) bond motifs is 2. The first-order valence-corrected chi connectivity index (χ1v) is 13.4. The lowest BCUT2D eigenvalue weighted by atomic mass is 9.95. The molecule has 0 fully saturated rings. The maximum Gasteiger partial charge on any atom is 0.362 e. The zero-order chi connectivity index (χ0) is 26.6. The van der Waals surface area contributed by atoms with Gasteiger partial charge < -0.3 is 10.6 Å². The standard InChI is InChI=1S/C11H8N2O3S.C11H10O4S.CH4.N2/c1-17(15,16)10-4-2-3-8-7(10)5-6-9(13-12)11(8)14;1-16(14,15)10-4-2-3-7-8(10)5-6-9(7)11(12)13;;1-2/h2-6H,1H3;2-6,9H,1H3,(H,12,13);1H4;. The third-order valence-corrected chi connectivity index (χ3v) is 7.32. The van der Waals surface area contributed by atoms with Crippen molar-refractivity contribution >= 4 is 49.3 Å². The van der Waals surface area contributed by atoms with Gasteiger partial charge >= 0.3 is 11.7 Å². The lowest BCUT2D eigenvalue weighted by Crippen LogP contribution is -2.19. The largest absolute Gasteiger partial charge is 0.481 e. The molecule has 13 heteroatoms. The number of Topliss-reactive ketones (excluding diaryl/α,β-unsaturated/α-hetero) is 1. The molecule has 2 aliphatic carbocycles. The van der Waals surface area contributed by atoms with Crippen molar-refractivity contribution in [1.29, 1.82) is 10.8 Å². The number of carboxylic acids is 1. The molecule has 11 nitrogen and oxygen atoms in total. The number of ketones is 1. The van der Waals surface area contributed by atoms with Gasteiger partial charge in [-0.15, -0.1) is 0 Å². The van der Waals surface area contributed by atoms with Crippen molar-refractivity contribution in [2.45, 2.75) is 23.1 Å². The van der Waals surface area contributed by atoms with E-state index < -0.39 is 37.3 Å². The first kappa shape index (κ1) is 29.8. The first-order valence-electron chi connectivity index (χ1n) is 9.58. The molecule has 0 bridgehead atoms. The van der Waals surface area contributed by atoms with E-state index in [1.54, 1.807) is 18.2 Å². The summed E-state index contributed by atoms with van der Waals surface area (Å²) in [5.41, 5.74) is 10.1. The number of hydrogen-bond acceptors (Lipinski definition) is 8. The normalized spacial score (nSPS) is 15.1. The van der Waals surface area contributed by atoms with Crippen molar-refractivity contribution in [3.63, 3.8) is 0 Å². The molecule has 0 saturated carbocycles. The summed E-state index contributed by atoms with van der Waals surface area (Å²) in [5, 5.41) is 21.0. The molecular weight excluding hydrogens is 508 g/mol. The van der Waals surface area contributed by atoms with Crippen LogP contribution in [-0.2, 0) is 24.5 Å². The Morgan fingerprint density at radius 1 is 0.917 bits per heavy atom. The summed E-state index contributed by atoms with van der Waals surface area (Å²) in [4.78, 5) is 25.8. The second kappa shape index (κ2) is 11.5. The number of benzene rings is 2. The van der Waals surface area contributed by atoms with E-state index in [1.807, 2.05) is 0 Å². The molecule has 0 saturated heterocycles. The molecule has 2 aromatic carbocycles. The summed E-state index contributed by atoms with van der Waals surface area (Å²) in [6.07, 6.45) is 8.01. The number of aliphatic carboxylic acids is 1. The minimum absolute atomic E-state index is 0. The van der Waals surface area contributed by atoms with Gasteiger partial charge in [0.15, 0.2) is 19.7 Å². The van der Waals surface area contributed by atoms with Crippen LogP contribution in [0.5, 0.6) is 0 Å². The second-order valence-corrected chi connectivity index (χ2v) is 11.3. The van der Waals surface area contributed by atoms with Gasteiger partial charge in [-0.3, -0.25) is 9.59 Å². The van der Waals surface area contributed by atoms with Crippen LogP contribution in [0, 0.1) is 10.8 Å². The van der Waals surface area contributed by atoms with Crippen LogP contribution in [0.2, 0.25) is 0 Å². The molecule has 0 spiro atoms. The number of rotatable bonds is 3. The Balaban J connectivity index is 0.000000329. The molecule has 0 heterocycles. The van der Waals surface area contributed by atoms with E-state index >= 15 is 0 Å². The molecular formula is C23H22N4O7S2. The highest BCUT2D eigenvalue weighted by molar-refractivity contribution is 7.91. The number of carbonyl (C=O) groups is 2. The van der Waals surface area contributed by atoms with Crippen LogP contribution in [0.4, 0.5) is 0 Å². The topological polar surface area (TPSA) is 207 Å². The van der Waals surface area contributed by atoms with Gasteiger partial charge in [-0.05, 0) is 29.3 Å². The van der Waals surface area contributed by atoms with Gasteiger partial charge in [-0.1, -0.05) is 43.8 Å². The van der Waals surface area contributed by atoms with E-state index in [-0.39, 0.29) is 28.5 Å². The number of sulfone groups is 2. The van der Waals surface area contributed by atoms with Gasteiger partial charge in [0.25, 0.3) is 5.78 Å².